The molecule has 6 nitrogen and oxygen atoms in total. The predicted molar refractivity (Wildman–Crippen MR) is 106 cm³/mol. The van der Waals surface area contributed by atoms with E-state index in [2.05, 4.69) is 9.97 Å². The highest BCUT2D eigenvalue weighted by Crippen LogP contribution is 2.27. The highest BCUT2D eigenvalue weighted by molar-refractivity contribution is 7.18. The molecule has 3 aromatic rings. The highest BCUT2D eigenvalue weighted by Gasteiger charge is 2.17. The molecule has 0 spiro atoms. The van der Waals surface area contributed by atoms with Crippen LogP contribution in [0.25, 0.3) is 16.3 Å². The number of nitrogens with zero attached hydrogens (tertiary/aromatic N) is 1. The van der Waals surface area contributed by atoms with Crippen molar-refractivity contribution in [2.24, 2.45) is 0 Å². The Morgan fingerprint density at radius 3 is 2.79 bits per heavy atom. The fourth-order valence-corrected chi connectivity index (χ4v) is 3.72. The number of esters is 1. The zero-order chi connectivity index (χ0) is 20.4. The van der Waals surface area contributed by atoms with Crippen molar-refractivity contribution in [3.8, 4) is 5.75 Å². The predicted octanol–water partition coefficient (Wildman–Crippen LogP) is 4.07. The lowest BCUT2D eigenvalue weighted by atomic mass is 10.2. The normalized spacial score (nSPS) is 12.5. The third-order valence-electron chi connectivity index (χ3n) is 4.32. The molecular formula is C20H19FN2O4S. The van der Waals surface area contributed by atoms with E-state index in [0.29, 0.717) is 15.8 Å². The Hall–Kier alpha value is -3.00. The molecule has 2 heterocycles. The van der Waals surface area contributed by atoms with Gasteiger partial charge in [-0.25, -0.2) is 14.2 Å². The second kappa shape index (κ2) is 7.93. The second-order valence-electron chi connectivity index (χ2n) is 6.22. The van der Waals surface area contributed by atoms with Gasteiger partial charge in [-0.3, -0.25) is 4.79 Å². The first-order valence-corrected chi connectivity index (χ1v) is 9.34. The fraction of sp³-hybridized carbons (Fsp3) is 0.250. The first-order chi connectivity index (χ1) is 13.3. The minimum atomic E-state index is -0.746. The van der Waals surface area contributed by atoms with E-state index in [1.54, 1.807) is 13.0 Å². The van der Waals surface area contributed by atoms with Crippen LogP contribution < -0.4 is 10.3 Å². The second-order valence-corrected chi connectivity index (χ2v) is 7.42. The van der Waals surface area contributed by atoms with Gasteiger partial charge in [0.2, 0.25) is 0 Å². The summed E-state index contributed by atoms with van der Waals surface area (Å²) in [5.74, 6) is -0.762. The van der Waals surface area contributed by atoms with Gasteiger partial charge in [0.25, 0.3) is 5.56 Å². The van der Waals surface area contributed by atoms with E-state index in [1.165, 1.54) is 42.7 Å². The molecule has 1 atom stereocenters. The molecule has 3 rings (SSSR count). The average Bonchev–Trinajstić information content (AvgIpc) is 2.94. The first kappa shape index (κ1) is 19.8. The van der Waals surface area contributed by atoms with Crippen LogP contribution in [-0.4, -0.2) is 23.0 Å². The van der Waals surface area contributed by atoms with Gasteiger partial charge in [0.05, 0.1) is 12.5 Å². The molecule has 28 heavy (non-hydrogen) atoms. The molecule has 0 aliphatic rings. The number of carbonyl (C=O) groups is 1. The summed E-state index contributed by atoms with van der Waals surface area (Å²) in [5, 5.41) is 0.561. The number of ether oxygens (including phenoxy) is 2. The number of nitrogens with one attached hydrogen (secondary N) is 1. The van der Waals surface area contributed by atoms with Crippen molar-refractivity contribution in [2.75, 3.05) is 7.11 Å². The van der Waals surface area contributed by atoms with Crippen molar-refractivity contribution < 1.29 is 18.7 Å². The van der Waals surface area contributed by atoms with E-state index >= 15 is 0 Å². The van der Waals surface area contributed by atoms with Crippen LogP contribution in [0.5, 0.6) is 5.75 Å². The van der Waals surface area contributed by atoms with Crippen molar-refractivity contribution in [3.05, 3.63) is 62.3 Å². The summed E-state index contributed by atoms with van der Waals surface area (Å²) in [6, 6.07) is 4.34. The van der Waals surface area contributed by atoms with Crippen LogP contribution in [0.15, 0.2) is 29.1 Å². The van der Waals surface area contributed by atoms with E-state index in [4.69, 9.17) is 9.47 Å². The summed E-state index contributed by atoms with van der Waals surface area (Å²) >= 11 is 1.42. The molecule has 0 amide bonds. The quantitative estimate of drug-likeness (QED) is 0.514. The third kappa shape index (κ3) is 3.96. The van der Waals surface area contributed by atoms with Gasteiger partial charge >= 0.3 is 5.97 Å². The van der Waals surface area contributed by atoms with Gasteiger partial charge < -0.3 is 14.5 Å². The lowest BCUT2D eigenvalue weighted by Gasteiger charge is -2.11. The number of hydrogen-bond acceptors (Lipinski definition) is 6. The Labute approximate surface area is 164 Å². The Balaban J connectivity index is 1.74. The molecule has 8 heteroatoms. The maximum atomic E-state index is 13.7. The zero-order valence-electron chi connectivity index (χ0n) is 15.8. The molecule has 0 bridgehead atoms. The van der Waals surface area contributed by atoms with Crippen LogP contribution in [-0.2, 0) is 9.53 Å². The number of fused-ring (bicyclic) bond motifs is 1. The monoisotopic (exact) mass is 402 g/mol. The van der Waals surface area contributed by atoms with Crippen LogP contribution >= 0.6 is 11.3 Å². The van der Waals surface area contributed by atoms with Crippen LogP contribution in [0, 0.1) is 19.7 Å². The van der Waals surface area contributed by atoms with Crippen molar-refractivity contribution >= 4 is 33.6 Å². The summed E-state index contributed by atoms with van der Waals surface area (Å²) in [6.45, 7) is 5.42. The standard InChI is InChI=1S/C20H19FN2O4S/c1-10-12(3)28-20-17(10)19(25)22-18(23-20)11(2)27-16(24)8-6-13-5-7-15(26-4)14(21)9-13/h5-9,11H,1-4H3,(H,22,23,25)/b8-6+/t11-/m1/s1. The highest BCUT2D eigenvalue weighted by atomic mass is 32.1. The summed E-state index contributed by atoms with van der Waals surface area (Å²) in [5.41, 5.74) is 1.13. The van der Waals surface area contributed by atoms with Crippen molar-refractivity contribution in [2.45, 2.75) is 26.9 Å². The number of methoxy groups -OCH3 is 1. The molecule has 0 fully saturated rings. The number of thiophene rings is 1. The Morgan fingerprint density at radius 2 is 2.11 bits per heavy atom. The molecule has 0 saturated carbocycles. The van der Waals surface area contributed by atoms with Gasteiger partial charge in [0.15, 0.2) is 23.5 Å². The molecule has 1 aromatic carbocycles. The van der Waals surface area contributed by atoms with E-state index in [0.717, 1.165) is 10.4 Å². The van der Waals surface area contributed by atoms with Crippen molar-refractivity contribution in [1.29, 1.82) is 0 Å². The van der Waals surface area contributed by atoms with Gasteiger partial charge in [-0.2, -0.15) is 0 Å². The van der Waals surface area contributed by atoms with E-state index in [-0.39, 0.29) is 17.1 Å². The van der Waals surface area contributed by atoms with Crippen LogP contribution in [0.2, 0.25) is 0 Å². The largest absolute Gasteiger partial charge is 0.494 e. The van der Waals surface area contributed by atoms with Crippen molar-refractivity contribution in [3.63, 3.8) is 0 Å². The number of halogens is 1. The number of aromatic nitrogens is 2. The smallest absolute Gasteiger partial charge is 0.331 e. The first-order valence-electron chi connectivity index (χ1n) is 8.52. The summed E-state index contributed by atoms with van der Waals surface area (Å²) in [7, 11) is 1.38. The molecule has 0 aliphatic carbocycles. The van der Waals surface area contributed by atoms with E-state index in [9.17, 15) is 14.0 Å². The molecule has 0 saturated heterocycles. The maximum Gasteiger partial charge on any atom is 0.331 e. The SMILES string of the molecule is COc1ccc(/C=C/C(=O)O[C@H](C)c2nc3sc(C)c(C)c3c(=O)[nH]2)cc1F. The maximum absolute atomic E-state index is 13.7. The average molecular weight is 402 g/mol. The molecule has 0 aliphatic heterocycles. The Morgan fingerprint density at radius 1 is 1.36 bits per heavy atom. The van der Waals surface area contributed by atoms with E-state index in [1.807, 2.05) is 13.8 Å². The van der Waals surface area contributed by atoms with Crippen LogP contribution in [0.3, 0.4) is 0 Å². The molecular weight excluding hydrogens is 383 g/mol. The minimum Gasteiger partial charge on any atom is -0.494 e. The van der Waals surface area contributed by atoms with Gasteiger partial charge in [-0.05, 0) is 50.1 Å². The summed E-state index contributed by atoms with van der Waals surface area (Å²) < 4.78 is 23.8. The number of H-pyrrole nitrogens is 1. The van der Waals surface area contributed by atoms with Gasteiger partial charge in [0.1, 0.15) is 4.83 Å². The lowest BCUT2D eigenvalue weighted by Crippen LogP contribution is -2.16. The van der Waals surface area contributed by atoms with Gasteiger partial charge in [-0.1, -0.05) is 6.07 Å². The molecule has 1 N–H and O–H groups in total. The minimum absolute atomic E-state index is 0.123. The fourth-order valence-electron chi connectivity index (χ4n) is 2.68. The molecule has 146 valence electrons. The Bertz CT molecular complexity index is 1130. The van der Waals surface area contributed by atoms with Crippen LogP contribution in [0.1, 0.15) is 34.9 Å². The Kier molecular flexibility index (Phi) is 5.60. The topological polar surface area (TPSA) is 81.3 Å². The molecule has 0 radical (unpaired) electrons. The number of benzene rings is 1. The van der Waals surface area contributed by atoms with Crippen LogP contribution in [0.4, 0.5) is 4.39 Å². The van der Waals surface area contributed by atoms with Crippen molar-refractivity contribution in [1.82, 2.24) is 9.97 Å². The van der Waals surface area contributed by atoms with Gasteiger partial charge in [-0.15, -0.1) is 11.3 Å². The summed E-state index contributed by atoms with van der Waals surface area (Å²) in [4.78, 5) is 33.1. The zero-order valence-corrected chi connectivity index (χ0v) is 16.6. The number of aryl methyl sites for hydroxylation is 2. The summed E-state index contributed by atoms with van der Waals surface area (Å²) in [6.07, 6.45) is 1.88. The number of rotatable bonds is 5. The van der Waals surface area contributed by atoms with E-state index < -0.39 is 17.9 Å². The molecule has 2 aromatic heterocycles. The lowest BCUT2D eigenvalue weighted by molar-refractivity contribution is -0.142. The third-order valence-corrected chi connectivity index (χ3v) is 5.42. The number of hydrogen-bond donors (Lipinski definition) is 1. The van der Waals surface area contributed by atoms with Gasteiger partial charge in [0, 0.05) is 11.0 Å². The number of aromatic amines is 1. The number of carbonyl (C=O) groups excluding carboxylic acids is 1. The molecule has 0 unspecified atom stereocenters.